The summed E-state index contributed by atoms with van der Waals surface area (Å²) in [6.07, 6.45) is 0. The maximum absolute atomic E-state index is 12.3. The molecule has 1 unspecified atom stereocenters. The monoisotopic (exact) mass is 269 g/mol. The summed E-state index contributed by atoms with van der Waals surface area (Å²) >= 11 is 0. The highest BCUT2D eigenvalue weighted by molar-refractivity contribution is 8.13. The third-order valence-electron chi connectivity index (χ3n) is 2.99. The topological polar surface area (TPSA) is 37.4 Å². The predicted molar refractivity (Wildman–Crippen MR) is 76.4 cm³/mol. The van der Waals surface area contributed by atoms with Gasteiger partial charge in [0.05, 0.1) is 11.1 Å². The van der Waals surface area contributed by atoms with Crippen molar-refractivity contribution in [2.75, 3.05) is 0 Å². The van der Waals surface area contributed by atoms with Gasteiger partial charge in [-0.2, -0.15) is 0 Å². The molecule has 0 aromatic heterocycles. The molecule has 0 N–H and O–H groups in total. The molecule has 0 bridgehead atoms. The van der Waals surface area contributed by atoms with Crippen molar-refractivity contribution in [3.63, 3.8) is 0 Å². The zero-order valence-electron chi connectivity index (χ0n) is 10.1. The number of rotatable bonds is 2. The Bertz CT molecular complexity index is 659. The fourth-order valence-corrected chi connectivity index (χ4v) is 3.33. The van der Waals surface area contributed by atoms with Gasteiger partial charge in [-0.1, -0.05) is 46.9 Å². The van der Waals surface area contributed by atoms with E-state index in [1.165, 1.54) is 4.31 Å². The number of imide groups is 1. The van der Waals surface area contributed by atoms with Crippen LogP contribution in [0.1, 0.15) is 20.7 Å². The summed E-state index contributed by atoms with van der Waals surface area (Å²) in [5.74, 6) is 3.46. The minimum Gasteiger partial charge on any atom is -0.268 e. The summed E-state index contributed by atoms with van der Waals surface area (Å²) in [6, 6.07) is 16.3. The van der Waals surface area contributed by atoms with Gasteiger partial charge < -0.3 is 0 Å². The molecule has 2 aromatic carbocycles. The van der Waals surface area contributed by atoms with Crippen molar-refractivity contribution in [1.29, 1.82) is 0 Å². The maximum atomic E-state index is 12.3. The number of nitrogens with zero attached hydrogens (tertiary/aromatic N) is 1. The van der Waals surface area contributed by atoms with Crippen LogP contribution in [0.25, 0.3) is 0 Å². The van der Waals surface area contributed by atoms with E-state index in [9.17, 15) is 9.59 Å². The number of benzene rings is 2. The fourth-order valence-electron chi connectivity index (χ4n) is 2.05. The lowest BCUT2D eigenvalue weighted by Gasteiger charge is -2.17. The van der Waals surface area contributed by atoms with Crippen LogP contribution in [-0.2, 0) is 0 Å². The molecule has 1 heterocycles. The van der Waals surface area contributed by atoms with Crippen LogP contribution in [0.2, 0.25) is 0 Å². The number of hydrogen-bond donors (Lipinski definition) is 0. The minimum absolute atomic E-state index is 0.261. The zero-order chi connectivity index (χ0) is 13.4. The van der Waals surface area contributed by atoms with Crippen molar-refractivity contribution in [1.82, 2.24) is 4.31 Å². The van der Waals surface area contributed by atoms with Gasteiger partial charge in [-0.25, -0.2) is 4.31 Å². The van der Waals surface area contributed by atoms with E-state index in [4.69, 9.17) is 0 Å². The first-order valence-electron chi connectivity index (χ1n) is 5.77. The predicted octanol–water partition coefficient (Wildman–Crippen LogP) is 2.96. The minimum atomic E-state index is -0.811. The Morgan fingerprint density at radius 3 is 1.79 bits per heavy atom. The van der Waals surface area contributed by atoms with Gasteiger partial charge >= 0.3 is 0 Å². The molecule has 0 spiro atoms. The zero-order valence-corrected chi connectivity index (χ0v) is 10.9. The van der Waals surface area contributed by atoms with Crippen LogP contribution in [0, 0.1) is 0 Å². The van der Waals surface area contributed by atoms with Crippen LogP contribution >= 0.6 is 10.7 Å². The number of carbonyl (C=O) groups is 2. The van der Waals surface area contributed by atoms with Crippen molar-refractivity contribution in [2.24, 2.45) is 0 Å². The smallest absolute Gasteiger partial charge is 0.268 e. The van der Waals surface area contributed by atoms with Gasteiger partial charge in [0.15, 0.2) is 0 Å². The first kappa shape index (κ1) is 11.9. The molecule has 2 amide bonds. The van der Waals surface area contributed by atoms with Crippen molar-refractivity contribution in [3.8, 4) is 0 Å². The second-order valence-electron chi connectivity index (χ2n) is 4.13. The van der Waals surface area contributed by atoms with E-state index in [2.05, 4.69) is 5.87 Å². The molecule has 2 aromatic rings. The lowest BCUT2D eigenvalue weighted by molar-refractivity contribution is 0.0776. The van der Waals surface area contributed by atoms with Crippen molar-refractivity contribution in [3.05, 3.63) is 65.7 Å². The molecule has 3 nitrogen and oxygen atoms in total. The van der Waals surface area contributed by atoms with E-state index in [1.807, 2.05) is 30.3 Å². The summed E-state index contributed by atoms with van der Waals surface area (Å²) in [4.78, 5) is 25.5. The van der Waals surface area contributed by atoms with Crippen LogP contribution in [-0.4, -0.2) is 22.0 Å². The van der Waals surface area contributed by atoms with E-state index < -0.39 is 10.7 Å². The molecular formula is C15H11NO2S. The highest BCUT2D eigenvalue weighted by Crippen LogP contribution is 2.36. The maximum Gasteiger partial charge on any atom is 0.271 e. The number of hydrogen-bond acceptors (Lipinski definition) is 2. The Morgan fingerprint density at radius 2 is 1.26 bits per heavy atom. The van der Waals surface area contributed by atoms with Crippen molar-refractivity contribution in [2.45, 2.75) is 4.90 Å². The van der Waals surface area contributed by atoms with Gasteiger partial charge in [-0.05, 0) is 24.3 Å². The molecule has 3 rings (SSSR count). The van der Waals surface area contributed by atoms with Crippen LogP contribution in [0.15, 0.2) is 59.5 Å². The summed E-state index contributed by atoms with van der Waals surface area (Å²) in [5, 5.41) is 0. The molecule has 1 aliphatic rings. The Hall–Kier alpha value is -2.20. The molecule has 94 valence electrons. The third kappa shape index (κ3) is 1.81. The van der Waals surface area contributed by atoms with Gasteiger partial charge in [-0.3, -0.25) is 9.59 Å². The third-order valence-corrected chi connectivity index (χ3v) is 4.58. The summed E-state index contributed by atoms with van der Waals surface area (Å²) in [5.41, 5.74) is 0.925. The molecular weight excluding hydrogens is 258 g/mol. The highest BCUT2D eigenvalue weighted by atomic mass is 32.2. The molecule has 0 radical (unpaired) electrons. The fraction of sp³-hybridized carbons (Fsp3) is 0. The Balaban J connectivity index is 2.03. The highest BCUT2D eigenvalue weighted by Gasteiger charge is 2.36. The summed E-state index contributed by atoms with van der Waals surface area (Å²) < 4.78 is 1.25. The number of amides is 2. The van der Waals surface area contributed by atoms with Gasteiger partial charge in [0.1, 0.15) is 0 Å². The standard InChI is InChI=1S/C15H11NO2S/c1-19(11-7-3-2-4-8-11)16-14(17)12-9-5-6-10-13(12)15(16)18/h2-10H,1H2. The van der Waals surface area contributed by atoms with Crippen LogP contribution in [0.4, 0.5) is 0 Å². The summed E-state index contributed by atoms with van der Waals surface area (Å²) in [6.45, 7) is 0. The average molecular weight is 269 g/mol. The molecule has 4 heteroatoms. The number of fused-ring (bicyclic) bond motifs is 1. The normalized spacial score (nSPS) is 15.5. The average Bonchev–Trinajstić information content (AvgIpc) is 2.72. The van der Waals surface area contributed by atoms with E-state index in [1.54, 1.807) is 24.3 Å². The van der Waals surface area contributed by atoms with Crippen LogP contribution in [0.3, 0.4) is 0 Å². The van der Waals surface area contributed by atoms with Crippen molar-refractivity contribution >= 4 is 28.4 Å². The number of carbonyl (C=O) groups excluding carboxylic acids is 2. The molecule has 0 saturated carbocycles. The van der Waals surface area contributed by atoms with Crippen LogP contribution in [0.5, 0.6) is 0 Å². The molecule has 0 aliphatic carbocycles. The summed E-state index contributed by atoms with van der Waals surface area (Å²) in [7, 11) is -0.811. The van der Waals surface area contributed by atoms with Crippen LogP contribution < -0.4 is 0 Å². The quantitative estimate of drug-likeness (QED) is 0.621. The largest absolute Gasteiger partial charge is 0.271 e. The van der Waals surface area contributed by atoms with Gasteiger partial charge in [-0.15, -0.1) is 0 Å². The lowest BCUT2D eigenvalue weighted by Crippen LogP contribution is -2.23. The van der Waals surface area contributed by atoms with E-state index >= 15 is 0 Å². The van der Waals surface area contributed by atoms with E-state index in [0.717, 1.165) is 4.90 Å². The molecule has 0 fully saturated rings. The Kier molecular flexibility index (Phi) is 2.80. The van der Waals surface area contributed by atoms with Gasteiger partial charge in [0.25, 0.3) is 11.8 Å². The lowest BCUT2D eigenvalue weighted by atomic mass is 10.1. The van der Waals surface area contributed by atoms with E-state index in [0.29, 0.717) is 11.1 Å². The molecule has 0 saturated heterocycles. The van der Waals surface area contributed by atoms with Gasteiger partial charge in [0, 0.05) is 4.90 Å². The Labute approximate surface area is 113 Å². The first-order valence-corrected chi connectivity index (χ1v) is 7.12. The van der Waals surface area contributed by atoms with Gasteiger partial charge in [0.2, 0.25) is 0 Å². The first-order chi connectivity index (χ1) is 9.20. The Morgan fingerprint density at radius 1 is 0.789 bits per heavy atom. The second-order valence-corrected chi connectivity index (χ2v) is 5.69. The molecule has 1 aliphatic heterocycles. The molecule has 19 heavy (non-hydrogen) atoms. The SMILES string of the molecule is C=S(c1ccccc1)N1C(=O)c2ccccc2C1=O. The van der Waals surface area contributed by atoms with E-state index in [-0.39, 0.29) is 11.8 Å². The molecule has 1 atom stereocenters. The van der Waals surface area contributed by atoms with Crippen molar-refractivity contribution < 1.29 is 9.59 Å². The second kappa shape index (κ2) is 4.48.